The van der Waals surface area contributed by atoms with Crippen LogP contribution in [-0.4, -0.2) is 20.7 Å². The molecule has 0 aliphatic rings. The van der Waals surface area contributed by atoms with Crippen LogP contribution in [-0.2, 0) is 7.05 Å². The number of anilines is 1. The Bertz CT molecular complexity index is 794. The summed E-state index contributed by atoms with van der Waals surface area (Å²) >= 11 is 7.54. The van der Waals surface area contributed by atoms with Crippen molar-refractivity contribution in [1.29, 1.82) is 0 Å². The van der Waals surface area contributed by atoms with Crippen LogP contribution in [0.3, 0.4) is 0 Å². The van der Waals surface area contributed by atoms with E-state index in [4.69, 9.17) is 11.6 Å². The summed E-state index contributed by atoms with van der Waals surface area (Å²) in [5.41, 5.74) is 3.20. The quantitative estimate of drug-likeness (QED) is 0.785. The lowest BCUT2D eigenvalue weighted by atomic mass is 10.2. The van der Waals surface area contributed by atoms with Gasteiger partial charge in [0.15, 0.2) is 5.13 Å². The standard InChI is InChI=1S/C14H13ClN4OS/c1-7-4-5-9(15)12-10(7)17-14(21-12)18-13(20)11-8(2)6-16-19(11)3/h4-6H,1-3H3,(H,17,18,20). The lowest BCUT2D eigenvalue weighted by Gasteiger charge is -2.03. The van der Waals surface area contributed by atoms with E-state index < -0.39 is 0 Å². The number of aryl methyl sites for hydroxylation is 3. The lowest BCUT2D eigenvalue weighted by Crippen LogP contribution is -2.17. The van der Waals surface area contributed by atoms with Gasteiger partial charge in [-0.3, -0.25) is 14.8 Å². The van der Waals surface area contributed by atoms with Gasteiger partial charge in [-0.15, -0.1) is 0 Å². The minimum Gasteiger partial charge on any atom is -0.296 e. The van der Waals surface area contributed by atoms with Crippen LogP contribution in [0.15, 0.2) is 18.3 Å². The zero-order valence-electron chi connectivity index (χ0n) is 11.8. The molecule has 0 fully saturated rings. The third-order valence-electron chi connectivity index (χ3n) is 3.25. The highest BCUT2D eigenvalue weighted by molar-refractivity contribution is 7.23. The Morgan fingerprint density at radius 2 is 2.10 bits per heavy atom. The molecule has 0 aliphatic carbocycles. The van der Waals surface area contributed by atoms with E-state index in [9.17, 15) is 4.79 Å². The number of rotatable bonds is 2. The molecule has 0 saturated heterocycles. The molecule has 2 heterocycles. The van der Waals surface area contributed by atoms with Crippen molar-refractivity contribution in [3.63, 3.8) is 0 Å². The number of nitrogens with zero attached hydrogens (tertiary/aromatic N) is 3. The molecule has 5 nitrogen and oxygen atoms in total. The summed E-state index contributed by atoms with van der Waals surface area (Å²) in [5.74, 6) is -0.222. The third-order valence-corrected chi connectivity index (χ3v) is 4.69. The molecule has 1 aromatic carbocycles. The first-order valence-electron chi connectivity index (χ1n) is 6.33. The summed E-state index contributed by atoms with van der Waals surface area (Å²) in [6.07, 6.45) is 1.66. The van der Waals surface area contributed by atoms with Crippen molar-refractivity contribution in [3.05, 3.63) is 40.2 Å². The molecule has 0 saturated carbocycles. The number of halogens is 1. The zero-order valence-corrected chi connectivity index (χ0v) is 13.3. The Balaban J connectivity index is 1.97. The SMILES string of the molecule is Cc1cnn(C)c1C(=O)Nc1nc2c(C)ccc(Cl)c2s1. The molecule has 0 unspecified atom stereocenters. The van der Waals surface area contributed by atoms with Crippen LogP contribution in [0.4, 0.5) is 5.13 Å². The largest absolute Gasteiger partial charge is 0.296 e. The molecule has 0 bridgehead atoms. The molecule has 0 aliphatic heterocycles. The smallest absolute Gasteiger partial charge is 0.275 e. The van der Waals surface area contributed by atoms with Gasteiger partial charge in [-0.25, -0.2) is 4.98 Å². The maximum atomic E-state index is 12.3. The predicted octanol–water partition coefficient (Wildman–Crippen LogP) is 3.55. The van der Waals surface area contributed by atoms with E-state index in [1.165, 1.54) is 11.3 Å². The van der Waals surface area contributed by atoms with Gasteiger partial charge < -0.3 is 0 Å². The molecular weight excluding hydrogens is 308 g/mol. The number of thiazole rings is 1. The normalized spacial score (nSPS) is 11.0. The number of benzene rings is 1. The van der Waals surface area contributed by atoms with E-state index in [-0.39, 0.29) is 5.91 Å². The highest BCUT2D eigenvalue weighted by Crippen LogP contribution is 2.34. The Hall–Kier alpha value is -1.92. The number of hydrogen-bond acceptors (Lipinski definition) is 4. The van der Waals surface area contributed by atoms with Crippen molar-refractivity contribution in [2.24, 2.45) is 7.05 Å². The van der Waals surface area contributed by atoms with Crippen LogP contribution in [0.2, 0.25) is 5.02 Å². The van der Waals surface area contributed by atoms with Gasteiger partial charge in [-0.05, 0) is 31.0 Å². The molecule has 7 heteroatoms. The van der Waals surface area contributed by atoms with Crippen molar-refractivity contribution in [3.8, 4) is 0 Å². The molecule has 2 aromatic heterocycles. The van der Waals surface area contributed by atoms with Gasteiger partial charge >= 0.3 is 0 Å². The van der Waals surface area contributed by atoms with Crippen LogP contribution < -0.4 is 5.32 Å². The van der Waals surface area contributed by atoms with Crippen molar-refractivity contribution >= 4 is 44.2 Å². The minimum atomic E-state index is -0.222. The maximum absolute atomic E-state index is 12.3. The summed E-state index contributed by atoms with van der Waals surface area (Å²) in [5, 5.41) is 8.06. The van der Waals surface area contributed by atoms with E-state index in [0.29, 0.717) is 15.8 Å². The number of fused-ring (bicyclic) bond motifs is 1. The first-order valence-corrected chi connectivity index (χ1v) is 7.52. The maximum Gasteiger partial charge on any atom is 0.275 e. The van der Waals surface area contributed by atoms with E-state index in [1.54, 1.807) is 17.9 Å². The Kier molecular flexibility index (Phi) is 3.43. The molecule has 21 heavy (non-hydrogen) atoms. The van der Waals surface area contributed by atoms with Crippen LogP contribution in [0.25, 0.3) is 10.2 Å². The van der Waals surface area contributed by atoms with Crippen LogP contribution in [0.5, 0.6) is 0 Å². The van der Waals surface area contributed by atoms with E-state index in [0.717, 1.165) is 21.3 Å². The molecule has 3 rings (SSSR count). The van der Waals surface area contributed by atoms with E-state index >= 15 is 0 Å². The molecule has 1 amide bonds. The fraction of sp³-hybridized carbons (Fsp3) is 0.214. The number of aromatic nitrogens is 3. The average molecular weight is 321 g/mol. The first kappa shape index (κ1) is 14.0. The summed E-state index contributed by atoms with van der Waals surface area (Å²) in [6.45, 7) is 3.82. The lowest BCUT2D eigenvalue weighted by molar-refractivity contribution is 0.101. The summed E-state index contributed by atoms with van der Waals surface area (Å²) in [6, 6.07) is 3.76. The second kappa shape index (κ2) is 5.13. The Morgan fingerprint density at radius 3 is 2.71 bits per heavy atom. The number of carbonyl (C=O) groups is 1. The van der Waals surface area contributed by atoms with Gasteiger partial charge in [0.05, 0.1) is 21.4 Å². The van der Waals surface area contributed by atoms with Gasteiger partial charge in [0.25, 0.3) is 5.91 Å². The Morgan fingerprint density at radius 1 is 1.33 bits per heavy atom. The van der Waals surface area contributed by atoms with E-state index in [2.05, 4.69) is 15.4 Å². The topological polar surface area (TPSA) is 59.8 Å². The second-order valence-corrected chi connectivity index (χ2v) is 6.22. The number of nitrogens with one attached hydrogen (secondary N) is 1. The summed E-state index contributed by atoms with van der Waals surface area (Å²) in [7, 11) is 1.74. The van der Waals surface area contributed by atoms with Gasteiger partial charge in [0, 0.05) is 7.05 Å². The first-order chi connectivity index (χ1) is 9.97. The molecule has 0 spiro atoms. The summed E-state index contributed by atoms with van der Waals surface area (Å²) in [4.78, 5) is 16.8. The molecule has 3 aromatic rings. The Labute approximate surface area is 130 Å². The molecule has 1 N–H and O–H groups in total. The molecule has 0 radical (unpaired) electrons. The number of hydrogen-bond donors (Lipinski definition) is 1. The van der Waals surface area contributed by atoms with Crippen molar-refractivity contribution in [1.82, 2.24) is 14.8 Å². The predicted molar refractivity (Wildman–Crippen MR) is 85.3 cm³/mol. The van der Waals surface area contributed by atoms with Crippen molar-refractivity contribution in [2.75, 3.05) is 5.32 Å². The minimum absolute atomic E-state index is 0.222. The molecule has 108 valence electrons. The highest BCUT2D eigenvalue weighted by Gasteiger charge is 2.17. The van der Waals surface area contributed by atoms with Gasteiger partial charge in [0.2, 0.25) is 0 Å². The van der Waals surface area contributed by atoms with E-state index in [1.807, 2.05) is 26.0 Å². The van der Waals surface area contributed by atoms with Crippen molar-refractivity contribution < 1.29 is 4.79 Å². The monoisotopic (exact) mass is 320 g/mol. The summed E-state index contributed by atoms with van der Waals surface area (Å²) < 4.78 is 2.43. The average Bonchev–Trinajstić information content (AvgIpc) is 2.99. The number of amides is 1. The second-order valence-electron chi connectivity index (χ2n) is 4.81. The third kappa shape index (κ3) is 2.41. The number of carbonyl (C=O) groups excluding carboxylic acids is 1. The van der Waals surface area contributed by atoms with Crippen LogP contribution in [0, 0.1) is 13.8 Å². The fourth-order valence-corrected chi connectivity index (χ4v) is 3.40. The fourth-order valence-electron chi connectivity index (χ4n) is 2.19. The van der Waals surface area contributed by atoms with Crippen LogP contribution in [0.1, 0.15) is 21.6 Å². The van der Waals surface area contributed by atoms with Gasteiger partial charge in [-0.2, -0.15) is 5.10 Å². The van der Waals surface area contributed by atoms with Gasteiger partial charge in [-0.1, -0.05) is 29.0 Å². The molecule has 0 atom stereocenters. The molecular formula is C14H13ClN4OS. The van der Waals surface area contributed by atoms with Crippen molar-refractivity contribution in [2.45, 2.75) is 13.8 Å². The zero-order chi connectivity index (χ0) is 15.1. The van der Waals surface area contributed by atoms with Gasteiger partial charge in [0.1, 0.15) is 5.69 Å². The van der Waals surface area contributed by atoms with Crippen LogP contribution >= 0.6 is 22.9 Å². The highest BCUT2D eigenvalue weighted by atomic mass is 35.5.